The lowest BCUT2D eigenvalue weighted by Crippen LogP contribution is -2.39. The molecule has 4 aromatic heterocycles. The molecule has 9 aliphatic heterocycles. The predicted octanol–water partition coefficient (Wildman–Crippen LogP) is 18.6. The van der Waals surface area contributed by atoms with E-state index in [4.69, 9.17) is 18.9 Å². The number of hydrogen-bond acceptors (Lipinski definition) is 22. The Labute approximate surface area is 826 Å². The van der Waals surface area contributed by atoms with E-state index in [0.717, 1.165) is 176 Å². The largest absolute Gasteiger partial charge is 0.495 e. The van der Waals surface area contributed by atoms with E-state index < -0.39 is 0 Å². The highest BCUT2D eigenvalue weighted by molar-refractivity contribution is 5.99. The first-order valence-corrected chi connectivity index (χ1v) is 53.2. The van der Waals surface area contributed by atoms with Crippen molar-refractivity contribution in [1.82, 2.24) is 64.0 Å². The number of ether oxygens (including phenoxy) is 4. The summed E-state index contributed by atoms with van der Waals surface area (Å²) in [4.78, 5) is 107. The first-order valence-electron chi connectivity index (χ1n) is 53.2. The van der Waals surface area contributed by atoms with Crippen LogP contribution in [0.1, 0.15) is 277 Å². The molecule has 1 N–H and O–H groups in total. The fraction of sp³-hybridized carbons (Fsp3) is 0.711. The van der Waals surface area contributed by atoms with E-state index in [1.165, 1.54) is 206 Å². The number of methoxy groups -OCH3 is 4. The molecule has 18 rings (SSSR count). The molecule has 137 heavy (non-hydrogen) atoms. The maximum Gasteiger partial charge on any atom is 0.248 e. The van der Waals surface area contributed by atoms with Gasteiger partial charge in [0.15, 0.2) is 11.6 Å². The molecule has 4 aromatic rings. The molecular weight excluding hydrogens is 1710 g/mol. The van der Waals surface area contributed by atoms with Gasteiger partial charge in [0.2, 0.25) is 23.2 Å². The number of nitrogens with zero attached hydrogens (tertiary/aromatic N) is 12. The van der Waals surface area contributed by atoms with Crippen LogP contribution in [0, 0.1) is 73.0 Å². The van der Waals surface area contributed by atoms with Crippen LogP contribution >= 0.6 is 0 Å². The third-order valence-corrected chi connectivity index (χ3v) is 32.8. The molecule has 14 aliphatic rings. The standard InChI is InChI=1S/C13H20N2O2.2C13H20N2O.C13H23NO.C13H19NO.C13H23NO.C13H19NO.C12H21NO.C11H16N2O/c1-15-6-4-10(5-7-15)12-8-11(16-2)9-14-13(12)17-3;1-10-4-7-14-13(16-3)12(10)11-5-8-15(2)9-6-11;1-10-8-12(13(16-3)14-9-10)11-4-6-15(2)7-5-11;2*1-10-3-4-13(15)12(9-10)11-5-7-14(2)8-6-11;2*1-10-4-3-5-12(15)13(10)11-6-8-14(2)9-7-11;1-13-8-6-10(7-9-13)11-4-2-3-5-12(11)14;1-13-6-3-9(4-7-13)10-2-5-12-11(14)8-10/h8-10H,4-7H2,1-3H3;4,7,11H,5-6,8-9H2,1-3H3;8-9,11H,4-7H2,1-3H3;10-12H,3-9H2,1-2H3;3,9,11H,4-8H2,1-2H3;10-11,13H,3-9H2,1-2H3;3-4,11H,5-9H2,1-2H3;10-11H,2-9H2,1H3;2,5,8-9H,3-4,6-7H2,1H3,(H,12,14). The van der Waals surface area contributed by atoms with Gasteiger partial charge in [0.05, 0.1) is 34.6 Å². The van der Waals surface area contributed by atoms with Crippen molar-refractivity contribution in [2.24, 2.45) is 59.2 Å². The Bertz CT molecular complexity index is 4530. The van der Waals surface area contributed by atoms with Gasteiger partial charge in [-0.2, -0.15) is 0 Å². The summed E-state index contributed by atoms with van der Waals surface area (Å²) in [5.41, 5.74) is 12.2. The topological polar surface area (TPSA) is 223 Å². The normalized spacial score (nSPS) is 25.2. The Morgan fingerprint density at radius 1 is 0.394 bits per heavy atom. The smallest absolute Gasteiger partial charge is 0.248 e. The quantitative estimate of drug-likeness (QED) is 0.131. The zero-order valence-electron chi connectivity index (χ0n) is 88.5. The molecule has 13 heterocycles. The van der Waals surface area contributed by atoms with Crippen molar-refractivity contribution in [3.05, 3.63) is 145 Å². The van der Waals surface area contributed by atoms with Crippen molar-refractivity contribution in [3.8, 4) is 23.4 Å². The van der Waals surface area contributed by atoms with Crippen molar-refractivity contribution in [2.45, 2.75) is 258 Å². The van der Waals surface area contributed by atoms with Gasteiger partial charge in [0, 0.05) is 96.8 Å². The van der Waals surface area contributed by atoms with E-state index in [1.807, 2.05) is 30.6 Å². The Balaban J connectivity index is 0.000000159. The Morgan fingerprint density at radius 2 is 0.847 bits per heavy atom. The van der Waals surface area contributed by atoms with Gasteiger partial charge in [0.25, 0.3) is 0 Å². The molecule has 23 heteroatoms. The van der Waals surface area contributed by atoms with Crippen LogP contribution in [0.15, 0.2) is 107 Å². The molecule has 12 fully saturated rings. The number of rotatable bonds is 13. The molecule has 0 radical (unpaired) electrons. The lowest BCUT2D eigenvalue weighted by atomic mass is 9.69. The molecule has 9 saturated heterocycles. The molecular formula is C114H181N13O10. The number of aromatic amines is 1. The number of H-pyrrole nitrogens is 1. The van der Waals surface area contributed by atoms with E-state index >= 15 is 0 Å². The zero-order valence-corrected chi connectivity index (χ0v) is 88.5. The lowest BCUT2D eigenvalue weighted by Gasteiger charge is -2.38. The molecule has 762 valence electrons. The van der Waals surface area contributed by atoms with Crippen LogP contribution < -0.4 is 24.5 Å². The van der Waals surface area contributed by atoms with Crippen LogP contribution in [0.4, 0.5) is 0 Å². The van der Waals surface area contributed by atoms with Gasteiger partial charge in [-0.05, 0) is 480 Å². The molecule has 0 bridgehead atoms. The Kier molecular flexibility index (Phi) is 46.9. The number of allylic oxidation sites excluding steroid dienone is 8. The number of nitrogens with one attached hydrogen (secondary N) is 1. The number of pyridine rings is 4. The van der Waals surface area contributed by atoms with Gasteiger partial charge in [-0.1, -0.05) is 50.1 Å². The SMILES string of the molecule is CC1=C(C2CCN(C)CC2)C(=O)CC=C1.CC1=CCC(=O)C(C2CCN(C)CC2)=C1.CC1CCC(=O)C(C2CCN(C)CC2)C1.CC1CCCC(=O)C1C1CCN(C)CC1.CN1CCC(C2CCCCC2=O)CC1.CN1CCC(c2cc[nH]c(=O)c2)CC1.COc1cnc(OC)c(C2CCN(C)CC2)c1.COc1ncc(C)cc1C1CCN(C)CC1.COc1nccc(C)c1C1CCN(C)CC1. The predicted molar refractivity (Wildman–Crippen MR) is 557 cm³/mol. The highest BCUT2D eigenvalue weighted by atomic mass is 16.5. The summed E-state index contributed by atoms with van der Waals surface area (Å²) in [7, 11) is 26.3. The van der Waals surface area contributed by atoms with Crippen molar-refractivity contribution in [3.63, 3.8) is 0 Å². The number of aromatic nitrogens is 4. The molecule has 3 saturated carbocycles. The monoisotopic (exact) mass is 1890 g/mol. The van der Waals surface area contributed by atoms with Crippen LogP contribution in [-0.4, -0.2) is 303 Å². The molecule has 0 spiro atoms. The van der Waals surface area contributed by atoms with Gasteiger partial charge in [-0.25, -0.2) is 15.0 Å². The molecule has 5 atom stereocenters. The van der Waals surface area contributed by atoms with Crippen LogP contribution in [0.25, 0.3) is 0 Å². The number of Topliss-reactive ketones (excluding diaryl/α,β-unsaturated/α-hetero) is 5. The van der Waals surface area contributed by atoms with E-state index in [0.29, 0.717) is 119 Å². The summed E-state index contributed by atoms with van der Waals surface area (Å²) in [6, 6.07) is 10.1. The summed E-state index contributed by atoms with van der Waals surface area (Å²) in [6.45, 7) is 33.8. The van der Waals surface area contributed by atoms with E-state index in [1.54, 1.807) is 46.9 Å². The number of carbonyl (C=O) groups excluding carboxylic acids is 5. The van der Waals surface area contributed by atoms with Crippen LogP contribution in [0.2, 0.25) is 0 Å². The minimum atomic E-state index is 0.0152. The average molecular weight is 1890 g/mol. The first-order chi connectivity index (χ1) is 65.9. The second kappa shape index (κ2) is 57.6. The third kappa shape index (κ3) is 35.3. The lowest BCUT2D eigenvalue weighted by molar-refractivity contribution is -0.129. The number of piperidine rings is 9. The minimum Gasteiger partial charge on any atom is -0.495 e. The summed E-state index contributed by atoms with van der Waals surface area (Å²) < 4.78 is 21.3. The number of aryl methyl sites for hydroxylation is 2. The Morgan fingerprint density at radius 3 is 1.34 bits per heavy atom. The van der Waals surface area contributed by atoms with Gasteiger partial charge in [-0.3, -0.25) is 28.8 Å². The molecule has 23 nitrogen and oxygen atoms in total. The maximum atomic E-state index is 12.0. The number of carbonyl (C=O) groups is 5. The maximum absolute atomic E-state index is 12.0. The second-order valence-corrected chi connectivity index (χ2v) is 43.4. The molecule has 0 amide bonds. The van der Waals surface area contributed by atoms with Gasteiger partial charge in [-0.15, -0.1) is 0 Å². The van der Waals surface area contributed by atoms with Crippen molar-refractivity contribution >= 4 is 28.9 Å². The summed E-state index contributed by atoms with van der Waals surface area (Å²) >= 11 is 0. The second-order valence-electron chi connectivity index (χ2n) is 43.4. The number of ketones is 5. The van der Waals surface area contributed by atoms with Crippen LogP contribution in [0.5, 0.6) is 23.4 Å². The van der Waals surface area contributed by atoms with E-state index in [9.17, 15) is 28.8 Å². The first kappa shape index (κ1) is 112. The number of hydrogen-bond donors (Lipinski definition) is 1. The molecule has 5 unspecified atom stereocenters. The summed E-state index contributed by atoms with van der Waals surface area (Å²) in [5, 5.41) is 0. The molecule has 5 aliphatic carbocycles. The van der Waals surface area contributed by atoms with Crippen LogP contribution in [-0.2, 0) is 24.0 Å². The molecule has 0 aromatic carbocycles. The average Bonchev–Trinajstić information content (AvgIpc) is 0.796. The van der Waals surface area contributed by atoms with Crippen molar-refractivity contribution < 1.29 is 42.9 Å². The third-order valence-electron chi connectivity index (χ3n) is 32.8. The van der Waals surface area contributed by atoms with Crippen molar-refractivity contribution in [2.75, 3.05) is 210 Å². The zero-order chi connectivity index (χ0) is 98.6. The highest BCUT2D eigenvalue weighted by Gasteiger charge is 2.39. The summed E-state index contributed by atoms with van der Waals surface area (Å²) in [6.07, 6.45) is 48.9. The van der Waals surface area contributed by atoms with Crippen molar-refractivity contribution in [1.29, 1.82) is 0 Å². The summed E-state index contributed by atoms with van der Waals surface area (Å²) in [5.74, 6) is 13.6. The van der Waals surface area contributed by atoms with Gasteiger partial charge in [0.1, 0.15) is 23.1 Å². The van der Waals surface area contributed by atoms with Gasteiger partial charge < -0.3 is 68.0 Å². The van der Waals surface area contributed by atoms with Crippen LogP contribution in [0.3, 0.4) is 0 Å². The highest BCUT2D eigenvalue weighted by Crippen LogP contribution is 2.43. The minimum absolute atomic E-state index is 0.0152. The van der Waals surface area contributed by atoms with E-state index in [-0.39, 0.29) is 5.56 Å². The fourth-order valence-corrected chi connectivity index (χ4v) is 23.8. The number of likely N-dealkylation sites (tertiary alicyclic amines) is 9. The fourth-order valence-electron chi connectivity index (χ4n) is 23.8. The van der Waals surface area contributed by atoms with Gasteiger partial charge >= 0.3 is 0 Å². The van der Waals surface area contributed by atoms with E-state index in [2.05, 4.69) is 199 Å². The Hall–Kier alpha value is -7.45.